The van der Waals surface area contributed by atoms with Gasteiger partial charge in [0.2, 0.25) is 15.9 Å². The Kier molecular flexibility index (Phi) is 6.18. The van der Waals surface area contributed by atoms with Gasteiger partial charge in [-0.3, -0.25) is 4.79 Å². The highest BCUT2D eigenvalue weighted by molar-refractivity contribution is 9.10. The summed E-state index contributed by atoms with van der Waals surface area (Å²) in [6, 6.07) is 3.60. The second-order valence-corrected chi connectivity index (χ2v) is 7.71. The average Bonchev–Trinajstić information content (AvgIpc) is 2.37. The predicted molar refractivity (Wildman–Crippen MR) is 86.2 cm³/mol. The van der Waals surface area contributed by atoms with Crippen molar-refractivity contribution in [2.24, 2.45) is 5.92 Å². The SMILES string of the molecule is CC(C)CNC(=O)C(C)NS(=O)(=O)c1cc(N)ccc1Br. The summed E-state index contributed by atoms with van der Waals surface area (Å²) in [6.45, 7) is 5.90. The Balaban J connectivity index is 2.85. The van der Waals surface area contributed by atoms with Crippen LogP contribution in [0.4, 0.5) is 5.69 Å². The molecule has 0 saturated heterocycles. The Morgan fingerprint density at radius 2 is 1.95 bits per heavy atom. The van der Waals surface area contributed by atoms with Crippen LogP contribution in [0.25, 0.3) is 0 Å². The Morgan fingerprint density at radius 3 is 2.52 bits per heavy atom. The number of halogens is 1. The molecule has 0 heterocycles. The lowest BCUT2D eigenvalue weighted by molar-refractivity contribution is -0.122. The van der Waals surface area contributed by atoms with Crippen LogP contribution in [0.15, 0.2) is 27.6 Å². The molecule has 0 saturated carbocycles. The molecule has 1 rings (SSSR count). The van der Waals surface area contributed by atoms with Gasteiger partial charge in [-0.05, 0) is 47.0 Å². The molecule has 1 aromatic rings. The van der Waals surface area contributed by atoms with E-state index in [9.17, 15) is 13.2 Å². The fraction of sp³-hybridized carbons (Fsp3) is 0.462. The molecule has 1 atom stereocenters. The van der Waals surface area contributed by atoms with Crippen molar-refractivity contribution < 1.29 is 13.2 Å². The molecule has 0 fully saturated rings. The minimum absolute atomic E-state index is 0.00556. The predicted octanol–water partition coefficient (Wildman–Crippen LogP) is 1.47. The maximum atomic E-state index is 12.3. The van der Waals surface area contributed by atoms with E-state index in [1.165, 1.54) is 13.0 Å². The average molecular weight is 378 g/mol. The van der Waals surface area contributed by atoms with Crippen LogP contribution >= 0.6 is 15.9 Å². The van der Waals surface area contributed by atoms with Crippen LogP contribution in [-0.2, 0) is 14.8 Å². The fourth-order valence-electron chi connectivity index (χ4n) is 1.53. The molecular formula is C13H20BrN3O3S. The van der Waals surface area contributed by atoms with E-state index in [4.69, 9.17) is 5.73 Å². The molecule has 1 amide bonds. The Hall–Kier alpha value is -1.12. The molecule has 118 valence electrons. The number of amides is 1. The van der Waals surface area contributed by atoms with Crippen LogP contribution in [0.3, 0.4) is 0 Å². The summed E-state index contributed by atoms with van der Waals surface area (Å²) in [4.78, 5) is 11.8. The van der Waals surface area contributed by atoms with Crippen LogP contribution in [-0.4, -0.2) is 26.9 Å². The number of nitrogens with one attached hydrogen (secondary N) is 2. The number of rotatable bonds is 6. The molecule has 0 radical (unpaired) electrons. The Morgan fingerprint density at radius 1 is 1.33 bits per heavy atom. The highest BCUT2D eigenvalue weighted by atomic mass is 79.9. The first-order valence-corrected chi connectivity index (χ1v) is 8.76. The van der Waals surface area contributed by atoms with Gasteiger partial charge < -0.3 is 11.1 Å². The maximum Gasteiger partial charge on any atom is 0.242 e. The van der Waals surface area contributed by atoms with Gasteiger partial charge in [-0.1, -0.05) is 13.8 Å². The van der Waals surface area contributed by atoms with Gasteiger partial charge in [0.15, 0.2) is 0 Å². The van der Waals surface area contributed by atoms with E-state index in [-0.39, 0.29) is 10.8 Å². The Bertz CT molecular complexity index is 617. The third-order valence-corrected chi connectivity index (χ3v) is 5.19. The normalized spacial score (nSPS) is 13.2. The number of hydrogen-bond acceptors (Lipinski definition) is 4. The summed E-state index contributed by atoms with van der Waals surface area (Å²) in [5.74, 6) is -0.0758. The lowest BCUT2D eigenvalue weighted by Crippen LogP contribution is -2.45. The number of hydrogen-bond donors (Lipinski definition) is 3. The van der Waals surface area contributed by atoms with Gasteiger partial charge in [-0.2, -0.15) is 4.72 Å². The van der Waals surface area contributed by atoms with Crippen molar-refractivity contribution in [1.82, 2.24) is 10.0 Å². The second kappa shape index (κ2) is 7.24. The van der Waals surface area contributed by atoms with Crippen molar-refractivity contribution in [3.63, 3.8) is 0 Å². The molecule has 0 spiro atoms. The first kappa shape index (κ1) is 17.9. The second-order valence-electron chi connectivity index (χ2n) is 5.17. The first-order chi connectivity index (χ1) is 9.63. The van der Waals surface area contributed by atoms with Crippen molar-refractivity contribution in [2.75, 3.05) is 12.3 Å². The van der Waals surface area contributed by atoms with E-state index >= 15 is 0 Å². The molecule has 21 heavy (non-hydrogen) atoms. The van der Waals surface area contributed by atoms with Gasteiger partial charge in [-0.15, -0.1) is 0 Å². The summed E-state index contributed by atoms with van der Waals surface area (Å²) >= 11 is 3.17. The van der Waals surface area contributed by atoms with E-state index < -0.39 is 16.1 Å². The van der Waals surface area contributed by atoms with Gasteiger partial charge in [-0.25, -0.2) is 8.42 Å². The molecular weight excluding hydrogens is 358 g/mol. The standard InChI is InChI=1S/C13H20BrN3O3S/c1-8(2)7-16-13(18)9(3)17-21(19,20)12-6-10(15)4-5-11(12)14/h4-6,8-9,17H,7,15H2,1-3H3,(H,16,18). The maximum absolute atomic E-state index is 12.3. The van der Waals surface area contributed by atoms with E-state index in [0.29, 0.717) is 22.6 Å². The van der Waals surface area contributed by atoms with Gasteiger partial charge in [0, 0.05) is 16.7 Å². The zero-order valence-corrected chi connectivity index (χ0v) is 14.6. The Labute approximate surface area is 133 Å². The third kappa shape index (κ3) is 5.29. The molecule has 1 aromatic carbocycles. The minimum atomic E-state index is -3.83. The van der Waals surface area contributed by atoms with Gasteiger partial charge in [0.25, 0.3) is 0 Å². The molecule has 8 heteroatoms. The number of nitrogen functional groups attached to an aromatic ring is 1. The lowest BCUT2D eigenvalue weighted by atomic mass is 10.2. The van der Waals surface area contributed by atoms with Crippen molar-refractivity contribution in [3.8, 4) is 0 Å². The molecule has 6 nitrogen and oxygen atoms in total. The quantitative estimate of drug-likeness (QED) is 0.653. The van der Waals surface area contributed by atoms with Gasteiger partial charge in [0.05, 0.1) is 10.9 Å². The molecule has 1 unspecified atom stereocenters. The van der Waals surface area contributed by atoms with E-state index in [1.54, 1.807) is 12.1 Å². The molecule has 0 aliphatic heterocycles. The van der Waals surface area contributed by atoms with Crippen LogP contribution in [0.2, 0.25) is 0 Å². The van der Waals surface area contributed by atoms with E-state index in [0.717, 1.165) is 0 Å². The number of anilines is 1. The number of nitrogens with two attached hydrogens (primary N) is 1. The highest BCUT2D eigenvalue weighted by Crippen LogP contribution is 2.24. The fourth-order valence-corrected chi connectivity index (χ4v) is 3.73. The van der Waals surface area contributed by atoms with Crippen LogP contribution in [0.1, 0.15) is 20.8 Å². The largest absolute Gasteiger partial charge is 0.399 e. The number of carbonyl (C=O) groups is 1. The molecule has 0 aliphatic rings. The van der Waals surface area contributed by atoms with Gasteiger partial charge >= 0.3 is 0 Å². The molecule has 0 bridgehead atoms. The van der Waals surface area contributed by atoms with Crippen LogP contribution < -0.4 is 15.8 Å². The first-order valence-electron chi connectivity index (χ1n) is 6.48. The summed E-state index contributed by atoms with van der Waals surface area (Å²) in [5, 5.41) is 2.68. The summed E-state index contributed by atoms with van der Waals surface area (Å²) in [5.41, 5.74) is 5.93. The van der Waals surface area contributed by atoms with Crippen LogP contribution in [0.5, 0.6) is 0 Å². The number of carbonyl (C=O) groups excluding carboxylic acids is 1. The van der Waals surface area contributed by atoms with Crippen molar-refractivity contribution in [3.05, 3.63) is 22.7 Å². The topological polar surface area (TPSA) is 101 Å². The highest BCUT2D eigenvalue weighted by Gasteiger charge is 2.24. The summed E-state index contributed by atoms with van der Waals surface area (Å²) in [6.07, 6.45) is 0. The van der Waals surface area contributed by atoms with E-state index in [2.05, 4.69) is 26.0 Å². The monoisotopic (exact) mass is 377 g/mol. The van der Waals surface area contributed by atoms with Crippen LogP contribution in [0, 0.1) is 5.92 Å². The third-order valence-electron chi connectivity index (χ3n) is 2.65. The smallest absolute Gasteiger partial charge is 0.242 e. The number of benzene rings is 1. The minimum Gasteiger partial charge on any atom is -0.399 e. The summed E-state index contributed by atoms with van der Waals surface area (Å²) < 4.78 is 27.3. The van der Waals surface area contributed by atoms with Crippen molar-refractivity contribution in [2.45, 2.75) is 31.7 Å². The molecule has 0 aliphatic carbocycles. The summed E-state index contributed by atoms with van der Waals surface area (Å²) in [7, 11) is -3.83. The number of sulfonamides is 1. The zero-order valence-electron chi connectivity index (χ0n) is 12.2. The molecule has 0 aromatic heterocycles. The lowest BCUT2D eigenvalue weighted by Gasteiger charge is -2.16. The van der Waals surface area contributed by atoms with Crippen molar-refractivity contribution >= 4 is 37.5 Å². The van der Waals surface area contributed by atoms with Gasteiger partial charge in [0.1, 0.15) is 0 Å². The van der Waals surface area contributed by atoms with E-state index in [1.807, 2.05) is 13.8 Å². The zero-order chi connectivity index (χ0) is 16.2. The van der Waals surface area contributed by atoms with Crippen molar-refractivity contribution in [1.29, 1.82) is 0 Å². The molecule has 4 N–H and O–H groups in total.